The number of halogens is 1. The molecule has 3 aromatic rings. The normalized spacial score (nSPS) is 17.0. The first-order valence-electron chi connectivity index (χ1n) is 11.4. The maximum atomic E-state index is 12.0. The van der Waals surface area contributed by atoms with Crippen LogP contribution in [0.4, 0.5) is 0 Å². The molecule has 0 unspecified atom stereocenters. The number of ether oxygens (including phenoxy) is 2. The summed E-state index contributed by atoms with van der Waals surface area (Å²) in [6, 6.07) is 9.63. The predicted molar refractivity (Wildman–Crippen MR) is 147 cm³/mol. The van der Waals surface area contributed by atoms with Crippen molar-refractivity contribution in [2.24, 2.45) is 16.6 Å². The monoisotopic (exact) mass is 539 g/mol. The third-order valence-corrected chi connectivity index (χ3v) is 8.67. The van der Waals surface area contributed by atoms with Crippen LogP contribution < -0.4 is 10.5 Å². The molecule has 1 aromatic carbocycles. The van der Waals surface area contributed by atoms with Gasteiger partial charge < -0.3 is 20.2 Å². The number of fused-ring (bicyclic) bond motifs is 1. The number of H-pyrrole nitrogens is 1. The number of nitrogens with one attached hydrogen (secondary N) is 1. The van der Waals surface area contributed by atoms with Crippen LogP contribution in [0.25, 0.3) is 21.5 Å². The molecule has 0 amide bonds. The topological polar surface area (TPSA) is 107 Å². The molecule has 4 rings (SSSR count). The van der Waals surface area contributed by atoms with E-state index in [9.17, 15) is 8.42 Å². The Kier molecular flexibility index (Phi) is 8.91. The number of amidine groups is 1. The Bertz CT molecular complexity index is 1290. The fourth-order valence-corrected chi connectivity index (χ4v) is 7.09. The van der Waals surface area contributed by atoms with Gasteiger partial charge >= 0.3 is 0 Å². The number of aromatic amines is 1. The molecule has 1 saturated heterocycles. The molecular formula is C25H34ClN3O4S2. The van der Waals surface area contributed by atoms with E-state index in [4.69, 9.17) is 26.8 Å². The van der Waals surface area contributed by atoms with Crippen LogP contribution in [0.1, 0.15) is 38.5 Å². The van der Waals surface area contributed by atoms with E-state index >= 15 is 0 Å². The van der Waals surface area contributed by atoms with Crippen molar-refractivity contribution in [1.29, 1.82) is 0 Å². The van der Waals surface area contributed by atoms with E-state index in [0.717, 1.165) is 46.4 Å². The van der Waals surface area contributed by atoms with Crippen LogP contribution in [0.2, 0.25) is 5.02 Å². The highest BCUT2D eigenvalue weighted by molar-refractivity contribution is 7.90. The number of rotatable bonds is 6. The highest BCUT2D eigenvalue weighted by Gasteiger charge is 2.35. The molecule has 0 aliphatic carbocycles. The van der Waals surface area contributed by atoms with Gasteiger partial charge in [0.15, 0.2) is 0 Å². The SMILES string of the molecule is CC1CCOCC1.COc1cccc2cc(-c3cc(Cl)c([C@](C)(CS(C)(=O)=O)N=C(C)N)s3)[nH]c12. The maximum absolute atomic E-state index is 12.0. The molecule has 3 heterocycles. The van der Waals surface area contributed by atoms with E-state index in [1.807, 2.05) is 30.3 Å². The summed E-state index contributed by atoms with van der Waals surface area (Å²) in [5.74, 6) is 1.77. The molecule has 10 heteroatoms. The fourth-order valence-electron chi connectivity index (χ4n) is 4.16. The van der Waals surface area contributed by atoms with Gasteiger partial charge in [0.2, 0.25) is 0 Å². The number of thiophene rings is 1. The first-order chi connectivity index (χ1) is 16.4. The summed E-state index contributed by atoms with van der Waals surface area (Å²) in [5, 5.41) is 1.47. The third-order valence-electron chi connectivity index (χ3n) is 5.76. The Morgan fingerprint density at radius 3 is 2.57 bits per heavy atom. The number of sulfone groups is 1. The summed E-state index contributed by atoms with van der Waals surface area (Å²) in [7, 11) is -1.69. The molecule has 1 fully saturated rings. The second-order valence-electron chi connectivity index (χ2n) is 9.29. The first-order valence-corrected chi connectivity index (χ1v) is 14.7. The van der Waals surface area contributed by atoms with Crippen molar-refractivity contribution in [3.05, 3.63) is 40.2 Å². The average molecular weight is 540 g/mol. The summed E-state index contributed by atoms with van der Waals surface area (Å²) in [5.41, 5.74) is 6.48. The number of aromatic nitrogens is 1. The number of benzene rings is 1. The summed E-state index contributed by atoms with van der Waals surface area (Å²) in [6.45, 7) is 7.62. The molecule has 35 heavy (non-hydrogen) atoms. The number of nitrogens with two attached hydrogens (primary N) is 1. The average Bonchev–Trinajstić information content (AvgIpc) is 3.36. The van der Waals surface area contributed by atoms with Gasteiger partial charge in [-0.15, -0.1) is 11.3 Å². The smallest absolute Gasteiger partial charge is 0.150 e. The van der Waals surface area contributed by atoms with Crippen molar-refractivity contribution in [3.63, 3.8) is 0 Å². The molecule has 2 aromatic heterocycles. The van der Waals surface area contributed by atoms with Gasteiger partial charge in [-0.2, -0.15) is 0 Å². The quantitative estimate of drug-likeness (QED) is 0.312. The Morgan fingerprint density at radius 1 is 1.34 bits per heavy atom. The Hall–Kier alpha value is -2.07. The second kappa shape index (κ2) is 11.3. The van der Waals surface area contributed by atoms with E-state index in [1.165, 1.54) is 30.4 Å². The van der Waals surface area contributed by atoms with Crippen LogP contribution in [-0.2, 0) is 20.1 Å². The molecule has 1 aliphatic rings. The molecule has 0 radical (unpaired) electrons. The highest BCUT2D eigenvalue weighted by Crippen LogP contribution is 2.43. The lowest BCUT2D eigenvalue weighted by atomic mass is 10.0. The zero-order valence-corrected chi connectivity index (χ0v) is 23.2. The Labute approximate surface area is 216 Å². The van der Waals surface area contributed by atoms with E-state index in [0.29, 0.717) is 15.7 Å². The second-order valence-corrected chi connectivity index (χ2v) is 12.9. The number of para-hydroxylation sites is 1. The lowest BCUT2D eigenvalue weighted by Crippen LogP contribution is -2.31. The van der Waals surface area contributed by atoms with E-state index in [-0.39, 0.29) is 5.75 Å². The van der Waals surface area contributed by atoms with Crippen molar-refractivity contribution in [2.45, 2.75) is 39.2 Å². The van der Waals surface area contributed by atoms with E-state index in [1.54, 1.807) is 21.0 Å². The molecule has 0 saturated carbocycles. The standard InChI is InChI=1S/C19H22ClN3O3S2.C6H12O/c1-11(21)23-19(2,10-28(4,24)25)18-13(20)9-16(27-18)14-8-12-6-5-7-15(26-3)17(12)22-14;1-6-2-4-7-5-3-6/h5-9,22H,10H2,1-4H3,(H2,21,23);6H,2-5H2,1H3/t19-;/m0./s1. The largest absolute Gasteiger partial charge is 0.495 e. The van der Waals surface area contributed by atoms with Crippen molar-refractivity contribution < 1.29 is 17.9 Å². The lowest BCUT2D eigenvalue weighted by Gasteiger charge is -2.24. The van der Waals surface area contributed by atoms with Crippen LogP contribution in [0.15, 0.2) is 35.3 Å². The van der Waals surface area contributed by atoms with Gasteiger partial charge in [0.05, 0.1) is 44.7 Å². The van der Waals surface area contributed by atoms with Crippen molar-refractivity contribution in [3.8, 4) is 16.3 Å². The van der Waals surface area contributed by atoms with Crippen LogP contribution >= 0.6 is 22.9 Å². The van der Waals surface area contributed by atoms with Gasteiger partial charge in [0.25, 0.3) is 0 Å². The molecule has 3 N–H and O–H groups in total. The zero-order valence-electron chi connectivity index (χ0n) is 20.9. The molecule has 0 spiro atoms. The van der Waals surface area contributed by atoms with E-state index < -0.39 is 15.4 Å². The van der Waals surface area contributed by atoms with Gasteiger partial charge in [0.1, 0.15) is 21.1 Å². The molecule has 1 aliphatic heterocycles. The van der Waals surface area contributed by atoms with Crippen molar-refractivity contribution >= 4 is 49.5 Å². The highest BCUT2D eigenvalue weighted by atomic mass is 35.5. The Morgan fingerprint density at radius 2 is 2.03 bits per heavy atom. The minimum atomic E-state index is -3.32. The van der Waals surface area contributed by atoms with Crippen molar-refractivity contribution in [1.82, 2.24) is 4.98 Å². The fraction of sp³-hybridized carbons (Fsp3) is 0.480. The third kappa shape index (κ3) is 7.22. The molecule has 1 atom stereocenters. The molecule has 7 nitrogen and oxygen atoms in total. The van der Waals surface area contributed by atoms with Gasteiger partial charge in [-0.3, -0.25) is 4.99 Å². The van der Waals surface area contributed by atoms with Crippen molar-refractivity contribution in [2.75, 3.05) is 32.3 Å². The van der Waals surface area contributed by atoms with Crippen LogP contribution in [0.5, 0.6) is 5.75 Å². The molecular weight excluding hydrogens is 506 g/mol. The van der Waals surface area contributed by atoms with Gasteiger partial charge in [-0.25, -0.2) is 8.42 Å². The van der Waals surface area contributed by atoms with Crippen LogP contribution in [0, 0.1) is 5.92 Å². The summed E-state index contributed by atoms with van der Waals surface area (Å²) >= 11 is 7.92. The Balaban J connectivity index is 0.000000420. The zero-order chi connectivity index (χ0) is 25.8. The first kappa shape index (κ1) is 27.5. The minimum Gasteiger partial charge on any atom is -0.495 e. The van der Waals surface area contributed by atoms with Crippen LogP contribution in [0.3, 0.4) is 0 Å². The number of aliphatic imine (C=N–C) groups is 1. The number of nitrogens with zero attached hydrogens (tertiary/aromatic N) is 1. The molecule has 0 bridgehead atoms. The summed E-state index contributed by atoms with van der Waals surface area (Å²) in [6.07, 6.45) is 3.71. The van der Waals surface area contributed by atoms with Gasteiger partial charge in [-0.1, -0.05) is 30.7 Å². The summed E-state index contributed by atoms with van der Waals surface area (Å²) < 4.78 is 34.6. The number of methoxy groups -OCH3 is 1. The van der Waals surface area contributed by atoms with Crippen LogP contribution in [-0.4, -0.2) is 51.6 Å². The number of hydrogen-bond donors (Lipinski definition) is 2. The molecule has 192 valence electrons. The minimum absolute atomic E-state index is 0.186. The van der Waals surface area contributed by atoms with Gasteiger partial charge in [0, 0.05) is 24.9 Å². The predicted octanol–water partition coefficient (Wildman–Crippen LogP) is 5.63. The maximum Gasteiger partial charge on any atom is 0.150 e. The van der Waals surface area contributed by atoms with E-state index in [2.05, 4.69) is 16.9 Å². The number of hydrogen-bond acceptors (Lipinski definition) is 6. The summed E-state index contributed by atoms with van der Waals surface area (Å²) in [4.78, 5) is 9.31. The van der Waals surface area contributed by atoms with Gasteiger partial charge in [-0.05, 0) is 50.8 Å². The lowest BCUT2D eigenvalue weighted by molar-refractivity contribution is 0.0716.